The first-order valence-electron chi connectivity index (χ1n) is 6.06. The lowest BCUT2D eigenvalue weighted by Crippen LogP contribution is -2.22. The molecule has 106 valence electrons. The summed E-state index contributed by atoms with van der Waals surface area (Å²) in [5, 5.41) is 20.7. The number of benzene rings is 1. The first-order valence-corrected chi connectivity index (χ1v) is 6.06. The Bertz CT molecular complexity index is 450. The van der Waals surface area contributed by atoms with Crippen LogP contribution in [0.4, 0.5) is 4.39 Å². The van der Waals surface area contributed by atoms with Gasteiger partial charge in [0.15, 0.2) is 5.84 Å². The van der Waals surface area contributed by atoms with Crippen molar-refractivity contribution in [3.63, 3.8) is 0 Å². The van der Waals surface area contributed by atoms with Gasteiger partial charge in [-0.3, -0.25) is 0 Å². The predicted octanol–water partition coefficient (Wildman–Crippen LogP) is 1.12. The molecule has 6 heteroatoms. The number of hydrogen-bond acceptors (Lipinski definition) is 4. The number of nitrogens with zero attached hydrogens (tertiary/aromatic N) is 2. The van der Waals surface area contributed by atoms with E-state index in [1.807, 2.05) is 11.9 Å². The van der Waals surface area contributed by atoms with E-state index in [2.05, 4.69) is 5.16 Å². The van der Waals surface area contributed by atoms with E-state index in [0.29, 0.717) is 25.1 Å². The lowest BCUT2D eigenvalue weighted by Gasteiger charge is -2.18. The van der Waals surface area contributed by atoms with Gasteiger partial charge in [-0.25, -0.2) is 4.39 Å². The van der Waals surface area contributed by atoms with Crippen molar-refractivity contribution in [2.24, 2.45) is 10.9 Å². The van der Waals surface area contributed by atoms with E-state index in [0.717, 1.165) is 5.56 Å². The molecule has 0 heterocycles. The van der Waals surface area contributed by atoms with Crippen LogP contribution in [0.15, 0.2) is 23.4 Å². The van der Waals surface area contributed by atoms with Crippen molar-refractivity contribution in [2.75, 3.05) is 13.6 Å². The summed E-state index contributed by atoms with van der Waals surface area (Å²) < 4.78 is 13.4. The summed E-state index contributed by atoms with van der Waals surface area (Å²) in [5.41, 5.74) is 6.53. The van der Waals surface area contributed by atoms with Crippen molar-refractivity contribution in [1.82, 2.24) is 4.90 Å². The maximum Gasteiger partial charge on any atom is 0.170 e. The van der Waals surface area contributed by atoms with Crippen LogP contribution in [0.25, 0.3) is 0 Å². The molecular weight excluding hydrogens is 249 g/mol. The average molecular weight is 269 g/mol. The summed E-state index contributed by atoms with van der Waals surface area (Å²) in [6.07, 6.45) is 0.293. The number of oxime groups is 1. The number of hydrogen-bond donors (Lipinski definition) is 3. The number of halogens is 1. The Morgan fingerprint density at radius 2 is 2.16 bits per heavy atom. The molecule has 0 aliphatic carbocycles. The van der Waals surface area contributed by atoms with Crippen LogP contribution in [0.1, 0.15) is 24.5 Å². The Hall–Kier alpha value is -1.66. The van der Waals surface area contributed by atoms with Crippen LogP contribution in [-0.2, 0) is 6.54 Å². The maximum atomic E-state index is 13.4. The van der Waals surface area contributed by atoms with Gasteiger partial charge in [0.1, 0.15) is 5.82 Å². The quantitative estimate of drug-likeness (QED) is 0.313. The standard InChI is InChI=1S/C13H20FN3O2/c1-9(18)3-4-17(2)8-10-5-11(13(15)16-19)7-12(14)6-10/h5-7,9,18-19H,3-4,8H2,1-2H3,(H2,15,16). The molecule has 1 atom stereocenters. The van der Waals surface area contributed by atoms with Crippen LogP contribution in [-0.4, -0.2) is 40.7 Å². The normalized spacial score (nSPS) is 13.8. The molecule has 4 N–H and O–H groups in total. The number of nitrogens with two attached hydrogens (primary N) is 1. The molecule has 1 rings (SSSR count). The Kier molecular flexibility index (Phi) is 5.72. The van der Waals surface area contributed by atoms with Crippen LogP contribution in [0.2, 0.25) is 0 Å². The molecule has 0 spiro atoms. The van der Waals surface area contributed by atoms with Gasteiger partial charge in [-0.05, 0) is 44.2 Å². The Morgan fingerprint density at radius 3 is 2.74 bits per heavy atom. The van der Waals surface area contributed by atoms with Gasteiger partial charge in [0.25, 0.3) is 0 Å². The zero-order valence-electron chi connectivity index (χ0n) is 11.2. The minimum atomic E-state index is -0.428. The van der Waals surface area contributed by atoms with Gasteiger partial charge in [-0.15, -0.1) is 0 Å². The van der Waals surface area contributed by atoms with E-state index in [4.69, 9.17) is 10.9 Å². The van der Waals surface area contributed by atoms with Crippen LogP contribution in [0.5, 0.6) is 0 Å². The minimum absolute atomic E-state index is 0.118. The van der Waals surface area contributed by atoms with Crippen LogP contribution in [0.3, 0.4) is 0 Å². The van der Waals surface area contributed by atoms with Gasteiger partial charge in [0, 0.05) is 18.7 Å². The summed E-state index contributed by atoms with van der Waals surface area (Å²) >= 11 is 0. The Balaban J connectivity index is 2.75. The van der Waals surface area contributed by atoms with Gasteiger partial charge < -0.3 is 20.9 Å². The van der Waals surface area contributed by atoms with Crippen molar-refractivity contribution >= 4 is 5.84 Å². The second kappa shape index (κ2) is 7.06. The molecule has 0 bridgehead atoms. The maximum absolute atomic E-state index is 13.4. The van der Waals surface area contributed by atoms with Crippen molar-refractivity contribution in [1.29, 1.82) is 0 Å². The van der Waals surface area contributed by atoms with Gasteiger partial charge in [0.2, 0.25) is 0 Å². The van der Waals surface area contributed by atoms with Gasteiger partial charge >= 0.3 is 0 Å². The third kappa shape index (κ3) is 5.23. The smallest absolute Gasteiger partial charge is 0.170 e. The molecule has 1 aromatic rings. The fourth-order valence-corrected chi connectivity index (χ4v) is 1.75. The van der Waals surface area contributed by atoms with Gasteiger partial charge in [-0.2, -0.15) is 0 Å². The lowest BCUT2D eigenvalue weighted by molar-refractivity contribution is 0.163. The molecule has 5 nitrogen and oxygen atoms in total. The van der Waals surface area contributed by atoms with Crippen LogP contribution >= 0.6 is 0 Å². The van der Waals surface area contributed by atoms with Gasteiger partial charge in [-0.1, -0.05) is 5.16 Å². The van der Waals surface area contributed by atoms with Crippen LogP contribution < -0.4 is 5.73 Å². The fraction of sp³-hybridized carbons (Fsp3) is 0.462. The molecule has 1 aromatic carbocycles. The first kappa shape index (κ1) is 15.4. The number of amidine groups is 1. The summed E-state index contributed by atoms with van der Waals surface area (Å²) in [6.45, 7) is 2.95. The topological polar surface area (TPSA) is 82.1 Å². The molecule has 19 heavy (non-hydrogen) atoms. The van der Waals surface area contributed by atoms with E-state index in [1.165, 1.54) is 12.1 Å². The minimum Gasteiger partial charge on any atom is -0.409 e. The third-order valence-electron chi connectivity index (χ3n) is 2.74. The molecule has 0 aromatic heterocycles. The second-order valence-electron chi connectivity index (χ2n) is 4.71. The molecule has 0 amide bonds. The monoisotopic (exact) mass is 269 g/mol. The highest BCUT2D eigenvalue weighted by atomic mass is 19.1. The molecule has 1 unspecified atom stereocenters. The molecule has 0 aliphatic heterocycles. The van der Waals surface area contributed by atoms with E-state index < -0.39 is 5.82 Å². The molecule has 0 radical (unpaired) electrons. The summed E-state index contributed by atoms with van der Waals surface area (Å²) in [6, 6.07) is 4.30. The van der Waals surface area contributed by atoms with Crippen molar-refractivity contribution < 1.29 is 14.7 Å². The molecule has 0 aliphatic rings. The number of aliphatic hydroxyl groups excluding tert-OH is 1. The highest BCUT2D eigenvalue weighted by Crippen LogP contribution is 2.11. The molecular formula is C13H20FN3O2. The fourth-order valence-electron chi connectivity index (χ4n) is 1.75. The SMILES string of the molecule is CC(O)CCN(C)Cc1cc(F)cc(/C(N)=N/O)c1. The van der Waals surface area contributed by atoms with E-state index in [-0.39, 0.29) is 11.9 Å². The van der Waals surface area contributed by atoms with E-state index in [1.54, 1.807) is 13.0 Å². The Morgan fingerprint density at radius 1 is 1.47 bits per heavy atom. The highest BCUT2D eigenvalue weighted by Gasteiger charge is 2.08. The number of aliphatic hydroxyl groups is 1. The zero-order chi connectivity index (χ0) is 14.4. The highest BCUT2D eigenvalue weighted by molar-refractivity contribution is 5.97. The summed E-state index contributed by atoms with van der Waals surface area (Å²) in [5.74, 6) is -0.546. The zero-order valence-corrected chi connectivity index (χ0v) is 11.2. The predicted molar refractivity (Wildman–Crippen MR) is 71.5 cm³/mol. The third-order valence-corrected chi connectivity index (χ3v) is 2.74. The average Bonchev–Trinajstić information content (AvgIpc) is 2.34. The summed E-state index contributed by atoms with van der Waals surface area (Å²) in [4.78, 5) is 1.97. The van der Waals surface area contributed by atoms with Crippen LogP contribution in [0, 0.1) is 5.82 Å². The number of rotatable bonds is 6. The molecule has 0 saturated carbocycles. The van der Waals surface area contributed by atoms with Crippen molar-refractivity contribution in [3.8, 4) is 0 Å². The Labute approximate surface area is 112 Å². The second-order valence-corrected chi connectivity index (χ2v) is 4.71. The van der Waals surface area contributed by atoms with E-state index >= 15 is 0 Å². The van der Waals surface area contributed by atoms with Crippen molar-refractivity contribution in [3.05, 3.63) is 35.1 Å². The molecule has 0 saturated heterocycles. The van der Waals surface area contributed by atoms with Crippen molar-refractivity contribution in [2.45, 2.75) is 26.0 Å². The van der Waals surface area contributed by atoms with E-state index in [9.17, 15) is 9.50 Å². The largest absolute Gasteiger partial charge is 0.409 e. The molecule has 0 fully saturated rings. The van der Waals surface area contributed by atoms with Gasteiger partial charge in [0.05, 0.1) is 6.10 Å². The summed E-state index contributed by atoms with van der Waals surface area (Å²) in [7, 11) is 1.89. The first-order chi connectivity index (χ1) is 8.92. The lowest BCUT2D eigenvalue weighted by atomic mass is 10.1.